The lowest BCUT2D eigenvalue weighted by Gasteiger charge is -2.07. The van der Waals surface area contributed by atoms with E-state index in [2.05, 4.69) is 5.10 Å². The molecule has 0 aliphatic rings. The van der Waals surface area contributed by atoms with Gasteiger partial charge in [-0.3, -0.25) is 0 Å². The molecule has 4 nitrogen and oxygen atoms in total. The van der Waals surface area contributed by atoms with Gasteiger partial charge < -0.3 is 5.11 Å². The number of aryl methyl sites for hydroxylation is 1. The average molecular weight is 280 g/mol. The molecule has 1 aromatic heterocycles. The highest BCUT2D eigenvalue weighted by molar-refractivity contribution is 5.90. The van der Waals surface area contributed by atoms with Crippen LogP contribution in [0.3, 0.4) is 0 Å². The van der Waals surface area contributed by atoms with Crippen LogP contribution < -0.4 is 0 Å². The highest BCUT2D eigenvalue weighted by Crippen LogP contribution is 2.22. The molecular formula is C14H14F2N2O2. The largest absolute Gasteiger partial charge is 0.478 e. The highest BCUT2D eigenvalue weighted by Gasteiger charge is 2.23. The first kappa shape index (κ1) is 14.2. The van der Waals surface area contributed by atoms with Crippen molar-refractivity contribution in [2.45, 2.75) is 26.7 Å². The summed E-state index contributed by atoms with van der Waals surface area (Å²) < 4.78 is 28.1. The Balaban J connectivity index is 2.71. The van der Waals surface area contributed by atoms with Crippen molar-refractivity contribution in [2.24, 2.45) is 0 Å². The number of rotatable bonds is 4. The Bertz CT molecular complexity index is 665. The molecular weight excluding hydrogens is 266 g/mol. The molecule has 20 heavy (non-hydrogen) atoms. The van der Waals surface area contributed by atoms with Crippen molar-refractivity contribution in [1.82, 2.24) is 9.78 Å². The summed E-state index contributed by atoms with van der Waals surface area (Å²) >= 11 is 0. The van der Waals surface area contributed by atoms with E-state index in [1.54, 1.807) is 13.8 Å². The fraction of sp³-hybridized carbons (Fsp3) is 0.286. The third-order valence-electron chi connectivity index (χ3n) is 3.08. The summed E-state index contributed by atoms with van der Waals surface area (Å²) in [5.41, 5.74) is 0.933. The van der Waals surface area contributed by atoms with Crippen LogP contribution in [-0.2, 0) is 12.8 Å². The fourth-order valence-corrected chi connectivity index (χ4v) is 2.18. The van der Waals surface area contributed by atoms with Crippen molar-refractivity contribution in [3.8, 4) is 5.69 Å². The molecule has 0 atom stereocenters. The van der Waals surface area contributed by atoms with Crippen molar-refractivity contribution in [3.63, 3.8) is 0 Å². The SMILES string of the molecule is CCc1nn(-c2ccc(F)cc2F)c(CC)c1C(=O)O. The van der Waals surface area contributed by atoms with Crippen LogP contribution in [0, 0.1) is 11.6 Å². The molecule has 0 aliphatic carbocycles. The first-order chi connectivity index (χ1) is 9.49. The maximum atomic E-state index is 13.9. The van der Waals surface area contributed by atoms with E-state index < -0.39 is 17.6 Å². The van der Waals surface area contributed by atoms with Crippen LogP contribution in [0.25, 0.3) is 5.69 Å². The standard InChI is InChI=1S/C14H14F2N2O2/c1-3-10-13(14(19)20)11(4-2)18(17-10)12-6-5-8(15)7-9(12)16/h5-7H,3-4H2,1-2H3,(H,19,20). The first-order valence-electron chi connectivity index (χ1n) is 6.29. The van der Waals surface area contributed by atoms with E-state index in [0.29, 0.717) is 24.2 Å². The zero-order valence-corrected chi connectivity index (χ0v) is 11.2. The van der Waals surface area contributed by atoms with Gasteiger partial charge in [-0.05, 0) is 25.0 Å². The molecule has 0 saturated heterocycles. The Morgan fingerprint density at radius 3 is 2.50 bits per heavy atom. The van der Waals surface area contributed by atoms with Crippen LogP contribution >= 0.6 is 0 Å². The number of carbonyl (C=O) groups is 1. The number of halogens is 2. The lowest BCUT2D eigenvalue weighted by Crippen LogP contribution is -2.07. The second kappa shape index (κ2) is 5.40. The topological polar surface area (TPSA) is 55.1 Å². The Kier molecular flexibility index (Phi) is 3.83. The van der Waals surface area contributed by atoms with Crippen LogP contribution in [0.5, 0.6) is 0 Å². The number of nitrogens with zero attached hydrogens (tertiary/aromatic N) is 2. The lowest BCUT2D eigenvalue weighted by atomic mass is 10.1. The van der Waals surface area contributed by atoms with Gasteiger partial charge in [-0.25, -0.2) is 18.3 Å². The Hall–Kier alpha value is -2.24. The molecule has 1 aromatic carbocycles. The van der Waals surface area contributed by atoms with E-state index >= 15 is 0 Å². The predicted octanol–water partition coefficient (Wildman–Crippen LogP) is 2.97. The van der Waals surface area contributed by atoms with E-state index in [1.807, 2.05) is 0 Å². The zero-order chi connectivity index (χ0) is 14.9. The van der Waals surface area contributed by atoms with Crippen molar-refractivity contribution >= 4 is 5.97 Å². The smallest absolute Gasteiger partial charge is 0.339 e. The van der Waals surface area contributed by atoms with Gasteiger partial charge in [0.1, 0.15) is 17.1 Å². The summed E-state index contributed by atoms with van der Waals surface area (Å²) in [5.74, 6) is -2.56. The minimum atomic E-state index is -1.09. The fourth-order valence-electron chi connectivity index (χ4n) is 2.18. The number of aromatic nitrogens is 2. The monoisotopic (exact) mass is 280 g/mol. The lowest BCUT2D eigenvalue weighted by molar-refractivity contribution is 0.0694. The molecule has 0 radical (unpaired) electrons. The number of carboxylic acid groups (broad SMARTS) is 1. The molecule has 0 saturated carbocycles. The van der Waals surface area contributed by atoms with Crippen LogP contribution in [0.1, 0.15) is 35.6 Å². The van der Waals surface area contributed by atoms with Gasteiger partial charge in [0.05, 0.1) is 11.4 Å². The number of carboxylic acids is 1. The van der Waals surface area contributed by atoms with E-state index in [4.69, 9.17) is 0 Å². The summed E-state index contributed by atoms with van der Waals surface area (Å²) in [4.78, 5) is 11.3. The molecule has 2 rings (SSSR count). The molecule has 6 heteroatoms. The van der Waals surface area contributed by atoms with Crippen LogP contribution in [0.15, 0.2) is 18.2 Å². The van der Waals surface area contributed by atoms with Gasteiger partial charge in [0.25, 0.3) is 0 Å². The van der Waals surface area contributed by atoms with Gasteiger partial charge in [0.15, 0.2) is 5.82 Å². The maximum Gasteiger partial charge on any atom is 0.339 e. The van der Waals surface area contributed by atoms with Crippen molar-refractivity contribution in [2.75, 3.05) is 0 Å². The number of hydrogen-bond donors (Lipinski definition) is 1. The van der Waals surface area contributed by atoms with Crippen molar-refractivity contribution in [3.05, 3.63) is 46.8 Å². The minimum absolute atomic E-state index is 0.0467. The molecule has 0 unspecified atom stereocenters. The number of benzene rings is 1. The minimum Gasteiger partial charge on any atom is -0.478 e. The summed E-state index contributed by atoms with van der Waals surface area (Å²) in [6, 6.07) is 3.12. The second-order valence-corrected chi connectivity index (χ2v) is 4.29. The molecule has 0 bridgehead atoms. The van der Waals surface area contributed by atoms with E-state index in [9.17, 15) is 18.7 Å². The van der Waals surface area contributed by atoms with Gasteiger partial charge in [-0.2, -0.15) is 5.10 Å². The average Bonchev–Trinajstić information content (AvgIpc) is 2.77. The normalized spacial score (nSPS) is 10.8. The predicted molar refractivity (Wildman–Crippen MR) is 69.2 cm³/mol. The molecule has 106 valence electrons. The quantitative estimate of drug-likeness (QED) is 0.936. The van der Waals surface area contributed by atoms with Gasteiger partial charge in [-0.15, -0.1) is 0 Å². The zero-order valence-electron chi connectivity index (χ0n) is 11.2. The Labute approximate surface area is 114 Å². The number of hydrogen-bond acceptors (Lipinski definition) is 2. The summed E-state index contributed by atoms with van der Waals surface area (Å²) in [7, 11) is 0. The summed E-state index contributed by atoms with van der Waals surface area (Å²) in [6.45, 7) is 3.54. The number of aromatic carboxylic acids is 1. The molecule has 0 aliphatic heterocycles. The molecule has 0 fully saturated rings. The van der Waals surface area contributed by atoms with Crippen LogP contribution in [-0.4, -0.2) is 20.9 Å². The summed E-state index contributed by atoms with van der Waals surface area (Å²) in [5, 5.41) is 13.4. The van der Waals surface area contributed by atoms with Gasteiger partial charge >= 0.3 is 5.97 Å². The first-order valence-corrected chi connectivity index (χ1v) is 6.29. The molecule has 2 aromatic rings. The van der Waals surface area contributed by atoms with Crippen molar-refractivity contribution < 1.29 is 18.7 Å². The third-order valence-corrected chi connectivity index (χ3v) is 3.08. The van der Waals surface area contributed by atoms with E-state index in [0.717, 1.165) is 12.1 Å². The summed E-state index contributed by atoms with van der Waals surface area (Å²) in [6.07, 6.45) is 0.801. The second-order valence-electron chi connectivity index (χ2n) is 4.29. The van der Waals surface area contributed by atoms with Gasteiger partial charge in [0.2, 0.25) is 0 Å². The van der Waals surface area contributed by atoms with Gasteiger partial charge in [-0.1, -0.05) is 13.8 Å². The van der Waals surface area contributed by atoms with Crippen LogP contribution in [0.4, 0.5) is 8.78 Å². The molecule has 0 spiro atoms. The van der Waals surface area contributed by atoms with E-state index in [-0.39, 0.29) is 11.3 Å². The van der Waals surface area contributed by atoms with Crippen LogP contribution in [0.2, 0.25) is 0 Å². The Morgan fingerprint density at radius 1 is 1.30 bits per heavy atom. The Morgan fingerprint density at radius 2 is 2.00 bits per heavy atom. The molecule has 0 amide bonds. The molecule has 1 heterocycles. The third kappa shape index (κ3) is 2.29. The van der Waals surface area contributed by atoms with E-state index in [1.165, 1.54) is 10.7 Å². The highest BCUT2D eigenvalue weighted by atomic mass is 19.1. The van der Waals surface area contributed by atoms with Gasteiger partial charge in [0, 0.05) is 6.07 Å². The van der Waals surface area contributed by atoms with Crippen molar-refractivity contribution in [1.29, 1.82) is 0 Å². The maximum absolute atomic E-state index is 13.9. The molecule has 1 N–H and O–H groups in total.